The molecule has 114 valence electrons. The van der Waals surface area contributed by atoms with Crippen LogP contribution >= 0.6 is 11.3 Å². The van der Waals surface area contributed by atoms with Gasteiger partial charge in [-0.25, -0.2) is 9.50 Å². The lowest BCUT2D eigenvalue weighted by Gasteiger charge is -2.22. The van der Waals surface area contributed by atoms with E-state index < -0.39 is 0 Å². The third-order valence-corrected chi connectivity index (χ3v) is 4.80. The van der Waals surface area contributed by atoms with Gasteiger partial charge in [0.25, 0.3) is 0 Å². The van der Waals surface area contributed by atoms with E-state index in [1.165, 1.54) is 0 Å². The molecule has 1 N–H and O–H groups in total. The highest BCUT2D eigenvalue weighted by atomic mass is 32.1. The molecule has 4 heterocycles. The van der Waals surface area contributed by atoms with Crippen molar-refractivity contribution in [2.45, 2.75) is 32.9 Å². The van der Waals surface area contributed by atoms with Gasteiger partial charge >= 0.3 is 0 Å². The van der Waals surface area contributed by atoms with E-state index in [1.54, 1.807) is 22.0 Å². The summed E-state index contributed by atoms with van der Waals surface area (Å²) in [4.78, 5) is 17.7. The Morgan fingerprint density at radius 1 is 1.55 bits per heavy atom. The SMILES string of the molecule is Cc1nn2cc(CNC(=O)C3CCn4nccc4C3)nc2s1. The average molecular weight is 316 g/mol. The van der Waals surface area contributed by atoms with Gasteiger partial charge in [0.05, 0.1) is 18.4 Å². The van der Waals surface area contributed by atoms with E-state index in [4.69, 9.17) is 0 Å². The van der Waals surface area contributed by atoms with Gasteiger partial charge in [-0.05, 0) is 19.4 Å². The summed E-state index contributed by atoms with van der Waals surface area (Å²) in [6, 6.07) is 1.98. The highest BCUT2D eigenvalue weighted by molar-refractivity contribution is 7.16. The summed E-state index contributed by atoms with van der Waals surface area (Å²) >= 11 is 1.55. The highest BCUT2D eigenvalue weighted by Crippen LogP contribution is 2.20. The zero-order valence-corrected chi connectivity index (χ0v) is 13.0. The van der Waals surface area contributed by atoms with Crippen LogP contribution in [0.3, 0.4) is 0 Å². The van der Waals surface area contributed by atoms with Gasteiger partial charge in [-0.3, -0.25) is 9.48 Å². The first-order valence-electron chi connectivity index (χ1n) is 7.29. The molecule has 0 saturated heterocycles. The Morgan fingerprint density at radius 3 is 3.32 bits per heavy atom. The Kier molecular flexibility index (Phi) is 3.18. The first-order chi connectivity index (χ1) is 10.7. The van der Waals surface area contributed by atoms with Crippen LogP contribution in [0.15, 0.2) is 18.5 Å². The molecule has 0 spiro atoms. The second-order valence-electron chi connectivity index (χ2n) is 5.53. The number of imidazole rings is 1. The number of rotatable bonds is 3. The normalized spacial score (nSPS) is 17.6. The Bertz CT molecular complexity index is 800. The maximum Gasteiger partial charge on any atom is 0.223 e. The van der Waals surface area contributed by atoms with E-state index in [0.29, 0.717) is 6.54 Å². The summed E-state index contributed by atoms with van der Waals surface area (Å²) in [6.07, 6.45) is 5.25. The van der Waals surface area contributed by atoms with E-state index >= 15 is 0 Å². The molecule has 3 aromatic rings. The summed E-state index contributed by atoms with van der Waals surface area (Å²) in [5.74, 6) is 0.112. The maximum absolute atomic E-state index is 12.3. The molecule has 0 aromatic carbocycles. The molecule has 0 bridgehead atoms. The highest BCUT2D eigenvalue weighted by Gasteiger charge is 2.24. The van der Waals surface area contributed by atoms with Gasteiger partial charge in [-0.15, -0.1) is 0 Å². The van der Waals surface area contributed by atoms with Crippen molar-refractivity contribution < 1.29 is 4.79 Å². The smallest absolute Gasteiger partial charge is 0.223 e. The van der Waals surface area contributed by atoms with Crippen LogP contribution < -0.4 is 5.32 Å². The lowest BCUT2D eigenvalue weighted by atomic mass is 9.95. The van der Waals surface area contributed by atoms with Crippen LogP contribution in [0, 0.1) is 12.8 Å². The third-order valence-electron chi connectivity index (χ3n) is 3.96. The molecular weight excluding hydrogens is 300 g/mol. The lowest BCUT2D eigenvalue weighted by molar-refractivity contribution is -0.125. The summed E-state index contributed by atoms with van der Waals surface area (Å²) < 4.78 is 3.74. The zero-order valence-electron chi connectivity index (χ0n) is 12.2. The van der Waals surface area contributed by atoms with Crippen molar-refractivity contribution >= 4 is 22.2 Å². The van der Waals surface area contributed by atoms with Crippen LogP contribution in [0.1, 0.15) is 22.8 Å². The van der Waals surface area contributed by atoms with Crippen molar-refractivity contribution in [3.63, 3.8) is 0 Å². The predicted molar refractivity (Wildman–Crippen MR) is 81.5 cm³/mol. The number of aromatic nitrogens is 5. The van der Waals surface area contributed by atoms with Gasteiger partial charge in [-0.2, -0.15) is 10.2 Å². The zero-order chi connectivity index (χ0) is 15.1. The van der Waals surface area contributed by atoms with E-state index in [9.17, 15) is 4.79 Å². The molecule has 1 unspecified atom stereocenters. The van der Waals surface area contributed by atoms with E-state index in [1.807, 2.05) is 23.9 Å². The first-order valence-corrected chi connectivity index (χ1v) is 8.11. The van der Waals surface area contributed by atoms with Crippen molar-refractivity contribution in [1.82, 2.24) is 29.7 Å². The van der Waals surface area contributed by atoms with Crippen molar-refractivity contribution in [2.24, 2.45) is 5.92 Å². The van der Waals surface area contributed by atoms with Gasteiger partial charge < -0.3 is 5.32 Å². The third kappa shape index (κ3) is 2.39. The Hall–Kier alpha value is -2.22. The van der Waals surface area contributed by atoms with Gasteiger partial charge in [-0.1, -0.05) is 11.3 Å². The quantitative estimate of drug-likeness (QED) is 0.787. The summed E-state index contributed by atoms with van der Waals surface area (Å²) in [5.41, 5.74) is 1.97. The van der Waals surface area contributed by atoms with Gasteiger partial charge in [0, 0.05) is 30.8 Å². The van der Waals surface area contributed by atoms with Crippen molar-refractivity contribution in [2.75, 3.05) is 0 Å². The van der Waals surface area contributed by atoms with E-state index in [2.05, 4.69) is 20.5 Å². The second kappa shape index (κ2) is 5.20. The number of hydrogen-bond donors (Lipinski definition) is 1. The molecule has 7 nitrogen and oxygen atoms in total. The standard InChI is InChI=1S/C14H16N6OS/c1-9-18-20-8-11(17-14(20)22-9)7-15-13(21)10-3-5-19-12(6-10)2-4-16-19/h2,4,8,10H,3,5-7H2,1H3,(H,15,21). The molecular formula is C14H16N6OS. The molecule has 8 heteroatoms. The van der Waals surface area contributed by atoms with Crippen molar-refractivity contribution in [3.8, 4) is 0 Å². The number of aryl methyl sites for hydroxylation is 2. The predicted octanol–water partition coefficient (Wildman–Crippen LogP) is 1.17. The molecule has 0 fully saturated rings. The minimum Gasteiger partial charge on any atom is -0.350 e. The number of hydrogen-bond acceptors (Lipinski definition) is 5. The van der Waals surface area contributed by atoms with Gasteiger partial charge in [0.1, 0.15) is 5.01 Å². The van der Waals surface area contributed by atoms with Crippen LogP contribution in [0.25, 0.3) is 4.96 Å². The molecule has 1 atom stereocenters. The molecule has 0 aliphatic carbocycles. The number of carbonyl (C=O) groups is 1. The number of nitrogens with zero attached hydrogens (tertiary/aromatic N) is 5. The molecule has 1 aliphatic rings. The Morgan fingerprint density at radius 2 is 2.45 bits per heavy atom. The molecule has 3 aromatic heterocycles. The summed E-state index contributed by atoms with van der Waals surface area (Å²) in [5, 5.41) is 12.5. The molecule has 1 amide bonds. The summed E-state index contributed by atoms with van der Waals surface area (Å²) in [6.45, 7) is 3.21. The van der Waals surface area contributed by atoms with Gasteiger partial charge in [0.15, 0.2) is 0 Å². The average Bonchev–Trinajstić information content (AvgIpc) is 3.17. The Labute approximate surface area is 131 Å². The molecule has 22 heavy (non-hydrogen) atoms. The van der Waals surface area contributed by atoms with Crippen molar-refractivity contribution in [3.05, 3.63) is 34.9 Å². The first kappa shape index (κ1) is 13.4. The minimum absolute atomic E-state index is 0.0216. The van der Waals surface area contributed by atoms with Crippen molar-refractivity contribution in [1.29, 1.82) is 0 Å². The summed E-state index contributed by atoms with van der Waals surface area (Å²) in [7, 11) is 0. The molecule has 1 aliphatic heterocycles. The Balaban J connectivity index is 1.39. The topological polar surface area (TPSA) is 77.1 Å². The molecule has 0 radical (unpaired) electrons. The second-order valence-corrected chi connectivity index (χ2v) is 6.69. The van der Waals surface area contributed by atoms with Crippen LogP contribution in [0.5, 0.6) is 0 Å². The largest absolute Gasteiger partial charge is 0.350 e. The lowest BCUT2D eigenvalue weighted by Crippen LogP contribution is -2.35. The van der Waals surface area contributed by atoms with Crippen LogP contribution in [0.4, 0.5) is 0 Å². The fourth-order valence-electron chi connectivity index (χ4n) is 2.84. The fourth-order valence-corrected chi connectivity index (χ4v) is 3.59. The fraction of sp³-hybridized carbons (Fsp3) is 0.429. The number of nitrogens with one attached hydrogen (secondary N) is 1. The van der Waals surface area contributed by atoms with Crippen LogP contribution in [-0.2, 0) is 24.3 Å². The van der Waals surface area contributed by atoms with Crippen LogP contribution in [-0.4, -0.2) is 30.3 Å². The number of amides is 1. The minimum atomic E-state index is 0.0216. The number of carbonyl (C=O) groups excluding carboxylic acids is 1. The molecule has 0 saturated carbocycles. The number of fused-ring (bicyclic) bond motifs is 2. The maximum atomic E-state index is 12.3. The van der Waals surface area contributed by atoms with E-state index in [0.717, 1.165) is 40.7 Å². The van der Waals surface area contributed by atoms with Gasteiger partial charge in [0.2, 0.25) is 10.9 Å². The van der Waals surface area contributed by atoms with Crippen LogP contribution in [0.2, 0.25) is 0 Å². The van der Waals surface area contributed by atoms with E-state index in [-0.39, 0.29) is 11.8 Å². The monoisotopic (exact) mass is 316 g/mol. The molecule has 4 rings (SSSR count).